The van der Waals surface area contributed by atoms with Crippen molar-refractivity contribution in [3.8, 4) is 5.75 Å². The summed E-state index contributed by atoms with van der Waals surface area (Å²) in [6.07, 6.45) is 1.52. The summed E-state index contributed by atoms with van der Waals surface area (Å²) < 4.78 is 37.8. The molecule has 0 spiro atoms. The number of hydrogen-bond donors (Lipinski definition) is 1. The minimum Gasteiger partial charge on any atom is -0.426 e. The Morgan fingerprint density at radius 1 is 1.39 bits per heavy atom. The number of benzene rings is 1. The molecule has 1 fully saturated rings. The Morgan fingerprint density at radius 2 is 2.21 bits per heavy atom. The average molecular weight is 426 g/mol. The van der Waals surface area contributed by atoms with Crippen LogP contribution in [0.25, 0.3) is 0 Å². The van der Waals surface area contributed by atoms with E-state index in [-0.39, 0.29) is 17.4 Å². The van der Waals surface area contributed by atoms with Gasteiger partial charge in [0, 0.05) is 5.56 Å². The van der Waals surface area contributed by atoms with E-state index >= 15 is 0 Å². The predicted octanol–water partition coefficient (Wildman–Crippen LogP) is 4.19. The lowest BCUT2D eigenvalue weighted by Crippen LogP contribution is -2.28. The normalized spacial score (nSPS) is 24.0. The summed E-state index contributed by atoms with van der Waals surface area (Å²) in [6, 6.07) is 4.10. The molecule has 1 aromatic heterocycles. The number of rotatable bonds is 4. The van der Waals surface area contributed by atoms with Crippen molar-refractivity contribution in [2.45, 2.75) is 45.6 Å². The molecule has 7 nitrogen and oxygen atoms in total. The number of hydrogen-bond acceptors (Lipinski definition) is 6. The van der Waals surface area contributed by atoms with Gasteiger partial charge in [-0.15, -0.1) is 0 Å². The van der Waals surface area contributed by atoms with Gasteiger partial charge in [0.15, 0.2) is 5.82 Å². The maximum absolute atomic E-state index is 13.7. The predicted molar refractivity (Wildman–Crippen MR) is 103 cm³/mol. The third-order valence-corrected chi connectivity index (χ3v) is 6.00. The van der Waals surface area contributed by atoms with Crippen LogP contribution in [0, 0.1) is 24.3 Å². The van der Waals surface area contributed by atoms with Crippen LogP contribution >= 0.6 is 20.8 Å². The van der Waals surface area contributed by atoms with Crippen molar-refractivity contribution < 1.29 is 22.7 Å². The van der Waals surface area contributed by atoms with Gasteiger partial charge in [-0.2, -0.15) is 0 Å². The number of aromatic nitrogens is 2. The molecule has 3 heterocycles. The maximum Gasteiger partial charge on any atom is 0.397 e. The van der Waals surface area contributed by atoms with Gasteiger partial charge in [-0.05, 0) is 32.3 Å². The van der Waals surface area contributed by atoms with Gasteiger partial charge in [0.25, 0.3) is 0 Å². The Bertz CT molecular complexity index is 1010. The van der Waals surface area contributed by atoms with E-state index in [2.05, 4.69) is 11.1 Å². The summed E-state index contributed by atoms with van der Waals surface area (Å²) in [4.78, 5) is 14.3. The van der Waals surface area contributed by atoms with Crippen LogP contribution < -0.4 is 10.2 Å². The Hall–Kier alpha value is -1.64. The number of aromatic amines is 1. The van der Waals surface area contributed by atoms with Crippen molar-refractivity contribution in [1.29, 1.82) is 0 Å². The highest BCUT2D eigenvalue weighted by atomic mass is 32.1. The molecule has 2 aliphatic rings. The molecule has 1 saturated heterocycles. The molecule has 2 aliphatic heterocycles. The smallest absolute Gasteiger partial charge is 0.397 e. The van der Waals surface area contributed by atoms with E-state index in [1.807, 2.05) is 19.9 Å². The van der Waals surface area contributed by atoms with Crippen molar-refractivity contribution in [2.24, 2.45) is 0 Å². The standard InChI is InChI=1S/C18H20FN2O5PS/c1-10-5-11(2)16-12(6-10)8-23-27(26-16)24-9-13-3-4-15(25-13)21-7-14(19)17(28)20-18(21)22/h5-7,13,15H,3-4,8-9H2,1-2H3,(H,20,22,28). The van der Waals surface area contributed by atoms with E-state index in [0.717, 1.165) is 28.6 Å². The van der Waals surface area contributed by atoms with Crippen LogP contribution in [0.3, 0.4) is 0 Å². The van der Waals surface area contributed by atoms with Crippen molar-refractivity contribution in [3.05, 3.63) is 56.0 Å². The molecule has 3 atom stereocenters. The number of nitrogens with zero attached hydrogens (tertiary/aromatic N) is 1. The van der Waals surface area contributed by atoms with Crippen LogP contribution in [0.2, 0.25) is 0 Å². The molecule has 1 aromatic carbocycles. The summed E-state index contributed by atoms with van der Waals surface area (Å²) in [6.45, 7) is 4.74. The summed E-state index contributed by atoms with van der Waals surface area (Å²) in [5.74, 6) is 0.157. The second-order valence-electron chi connectivity index (χ2n) is 6.89. The third kappa shape index (κ3) is 4.04. The summed E-state index contributed by atoms with van der Waals surface area (Å²) in [7, 11) is -1.51. The minimum absolute atomic E-state index is 0.209. The van der Waals surface area contributed by atoms with Crippen LogP contribution in [0.4, 0.5) is 4.39 Å². The van der Waals surface area contributed by atoms with E-state index in [9.17, 15) is 9.18 Å². The van der Waals surface area contributed by atoms with Crippen molar-refractivity contribution in [2.75, 3.05) is 6.61 Å². The highest BCUT2D eigenvalue weighted by Gasteiger charge is 2.31. The third-order valence-electron chi connectivity index (χ3n) is 4.67. The molecule has 2 aromatic rings. The summed E-state index contributed by atoms with van der Waals surface area (Å²) >= 11 is 4.73. The van der Waals surface area contributed by atoms with Gasteiger partial charge in [0.2, 0.25) is 0 Å². The lowest BCUT2D eigenvalue weighted by Gasteiger charge is -2.26. The fourth-order valence-corrected chi connectivity index (χ4v) is 4.66. The first-order valence-electron chi connectivity index (χ1n) is 8.91. The molecule has 0 bridgehead atoms. The van der Waals surface area contributed by atoms with E-state index in [1.165, 1.54) is 4.57 Å². The number of halogens is 1. The van der Waals surface area contributed by atoms with E-state index in [0.29, 0.717) is 19.4 Å². The molecule has 150 valence electrons. The molecule has 0 aliphatic carbocycles. The largest absolute Gasteiger partial charge is 0.426 e. The van der Waals surface area contributed by atoms with Gasteiger partial charge in [0.05, 0.1) is 25.5 Å². The van der Waals surface area contributed by atoms with Gasteiger partial charge in [-0.1, -0.05) is 29.9 Å². The van der Waals surface area contributed by atoms with Crippen molar-refractivity contribution in [3.63, 3.8) is 0 Å². The van der Waals surface area contributed by atoms with E-state index in [4.69, 9.17) is 30.5 Å². The molecule has 4 rings (SSSR count). The number of H-pyrrole nitrogens is 1. The average Bonchev–Trinajstić information content (AvgIpc) is 3.12. The number of aryl methyl sites for hydroxylation is 2. The second kappa shape index (κ2) is 8.00. The monoisotopic (exact) mass is 426 g/mol. The van der Waals surface area contributed by atoms with Gasteiger partial charge >= 0.3 is 14.3 Å². The van der Waals surface area contributed by atoms with Crippen LogP contribution in [0.1, 0.15) is 35.8 Å². The van der Waals surface area contributed by atoms with E-state index in [1.54, 1.807) is 0 Å². The highest BCUT2D eigenvalue weighted by Crippen LogP contribution is 2.49. The van der Waals surface area contributed by atoms with Gasteiger partial charge < -0.3 is 9.26 Å². The molecule has 1 N–H and O–H groups in total. The fraction of sp³-hybridized carbons (Fsp3) is 0.444. The van der Waals surface area contributed by atoms with Crippen molar-refractivity contribution >= 4 is 20.8 Å². The maximum atomic E-state index is 13.7. The Morgan fingerprint density at radius 3 is 3.04 bits per heavy atom. The zero-order chi connectivity index (χ0) is 19.8. The topological polar surface area (TPSA) is 74.7 Å². The number of nitrogens with one attached hydrogen (secondary N) is 1. The zero-order valence-electron chi connectivity index (χ0n) is 15.4. The number of ether oxygens (including phenoxy) is 1. The molecule has 28 heavy (non-hydrogen) atoms. The quantitative estimate of drug-likeness (QED) is 0.584. The van der Waals surface area contributed by atoms with E-state index < -0.39 is 26.3 Å². The molecule has 10 heteroatoms. The van der Waals surface area contributed by atoms with Crippen molar-refractivity contribution in [1.82, 2.24) is 9.55 Å². The van der Waals surface area contributed by atoms with Crippen LogP contribution in [0.15, 0.2) is 23.1 Å². The molecule has 3 unspecified atom stereocenters. The van der Waals surface area contributed by atoms with Crippen LogP contribution in [-0.2, 0) is 20.4 Å². The van der Waals surface area contributed by atoms with Gasteiger partial charge in [-0.3, -0.25) is 18.6 Å². The molecular weight excluding hydrogens is 406 g/mol. The molecule has 0 radical (unpaired) electrons. The summed E-state index contributed by atoms with van der Waals surface area (Å²) in [5.41, 5.74) is 2.73. The number of fused-ring (bicyclic) bond motifs is 1. The SMILES string of the molecule is Cc1cc(C)c2c(c1)COP(OCC1CCC(n3cc(F)c(=S)[nH]c3=O)O1)O2. The Balaban J connectivity index is 1.35. The zero-order valence-corrected chi connectivity index (χ0v) is 17.1. The lowest BCUT2D eigenvalue weighted by atomic mass is 10.1. The first-order valence-corrected chi connectivity index (χ1v) is 10.4. The molecule has 0 saturated carbocycles. The first-order chi connectivity index (χ1) is 13.4. The lowest BCUT2D eigenvalue weighted by molar-refractivity contribution is -0.0233. The second-order valence-corrected chi connectivity index (χ2v) is 8.44. The van der Waals surface area contributed by atoms with Gasteiger partial charge in [-0.25, -0.2) is 9.18 Å². The fourth-order valence-electron chi connectivity index (χ4n) is 3.40. The summed E-state index contributed by atoms with van der Waals surface area (Å²) in [5, 5.41) is 0. The molecular formula is C18H20FN2O5PS. The highest BCUT2D eigenvalue weighted by molar-refractivity contribution is 7.71. The minimum atomic E-state index is -1.51. The van der Waals surface area contributed by atoms with Crippen LogP contribution in [-0.4, -0.2) is 22.3 Å². The Kier molecular flexibility index (Phi) is 5.62. The first kappa shape index (κ1) is 19.7. The van der Waals surface area contributed by atoms with Crippen LogP contribution in [0.5, 0.6) is 5.75 Å². The Labute approximate surface area is 167 Å². The van der Waals surface area contributed by atoms with Gasteiger partial charge in [0.1, 0.15) is 16.6 Å². The molecule has 0 amide bonds.